The van der Waals surface area contributed by atoms with Gasteiger partial charge in [0.2, 0.25) is 7.37 Å². The first-order chi connectivity index (χ1) is 11.4. The second-order valence-corrected chi connectivity index (χ2v) is 11.0. The van der Waals surface area contributed by atoms with Gasteiger partial charge in [0, 0.05) is 21.9 Å². The molecule has 0 radical (unpaired) electrons. The molecule has 0 aliphatic heterocycles. The maximum atomic E-state index is 12.4. The van der Waals surface area contributed by atoms with E-state index in [1.807, 2.05) is 12.1 Å². The predicted molar refractivity (Wildman–Crippen MR) is 111 cm³/mol. The summed E-state index contributed by atoms with van der Waals surface area (Å²) in [5, 5.41) is 4.20. The van der Waals surface area contributed by atoms with Gasteiger partial charge in [0.05, 0.1) is 5.02 Å². The SMILES string of the molecule is CC(NCCCP(=O)(O)CC1CCCCC1)c1ccc(I)c(Cl)c1. The number of benzene rings is 1. The van der Waals surface area contributed by atoms with Gasteiger partial charge in [-0.25, -0.2) is 0 Å². The van der Waals surface area contributed by atoms with Crippen molar-refractivity contribution in [3.8, 4) is 0 Å². The molecule has 1 aliphatic rings. The van der Waals surface area contributed by atoms with Crippen LogP contribution in [-0.4, -0.2) is 23.8 Å². The molecule has 3 nitrogen and oxygen atoms in total. The molecule has 2 N–H and O–H groups in total. The minimum absolute atomic E-state index is 0.191. The Labute approximate surface area is 164 Å². The van der Waals surface area contributed by atoms with Crippen molar-refractivity contribution in [1.29, 1.82) is 0 Å². The zero-order chi connectivity index (χ0) is 17.6. The van der Waals surface area contributed by atoms with E-state index in [-0.39, 0.29) is 6.04 Å². The van der Waals surface area contributed by atoms with E-state index in [1.165, 1.54) is 19.3 Å². The highest BCUT2D eigenvalue weighted by molar-refractivity contribution is 14.1. The number of rotatable bonds is 8. The van der Waals surface area contributed by atoms with Crippen LogP contribution in [0, 0.1) is 9.49 Å². The number of nitrogens with one attached hydrogen (secondary N) is 1. The predicted octanol–water partition coefficient (Wildman–Crippen LogP) is 5.84. The summed E-state index contributed by atoms with van der Waals surface area (Å²) in [5.41, 5.74) is 1.15. The van der Waals surface area contributed by atoms with Gasteiger partial charge in [-0.05, 0) is 78.9 Å². The maximum Gasteiger partial charge on any atom is 0.200 e. The van der Waals surface area contributed by atoms with Crippen molar-refractivity contribution < 1.29 is 9.46 Å². The monoisotopic (exact) mass is 483 g/mol. The van der Waals surface area contributed by atoms with Crippen LogP contribution in [0.5, 0.6) is 0 Å². The normalized spacial score (nSPS) is 19.8. The number of hydrogen-bond acceptors (Lipinski definition) is 2. The molecule has 6 heteroatoms. The third-order valence-corrected chi connectivity index (χ3v) is 8.52. The van der Waals surface area contributed by atoms with Gasteiger partial charge in [0.25, 0.3) is 0 Å². The molecule has 136 valence electrons. The molecule has 0 amide bonds. The lowest BCUT2D eigenvalue weighted by Crippen LogP contribution is -2.21. The van der Waals surface area contributed by atoms with E-state index in [2.05, 4.69) is 40.9 Å². The minimum Gasteiger partial charge on any atom is -0.344 e. The zero-order valence-electron chi connectivity index (χ0n) is 14.3. The van der Waals surface area contributed by atoms with Crippen molar-refractivity contribution in [3.05, 3.63) is 32.4 Å². The fourth-order valence-electron chi connectivity index (χ4n) is 3.41. The lowest BCUT2D eigenvalue weighted by molar-refractivity contribution is 0.371. The summed E-state index contributed by atoms with van der Waals surface area (Å²) in [6.45, 7) is 2.85. The molecule has 0 aromatic heterocycles. The van der Waals surface area contributed by atoms with E-state index in [1.54, 1.807) is 0 Å². The topological polar surface area (TPSA) is 49.3 Å². The standard InChI is InChI=1S/C18H28ClINO2P/c1-14(16-8-9-18(20)17(19)12-16)21-10-5-11-24(22,23)13-15-6-3-2-4-7-15/h8-9,12,14-15,21H,2-7,10-11,13H2,1H3,(H,22,23). The van der Waals surface area contributed by atoms with Crippen LogP contribution in [0.15, 0.2) is 18.2 Å². The number of halogens is 2. The molecule has 1 aromatic carbocycles. The van der Waals surface area contributed by atoms with Crippen molar-refractivity contribution >= 4 is 41.6 Å². The summed E-state index contributed by atoms with van der Waals surface area (Å²) in [6.07, 6.45) is 7.69. The lowest BCUT2D eigenvalue weighted by atomic mass is 9.91. The average Bonchev–Trinajstić information content (AvgIpc) is 2.54. The summed E-state index contributed by atoms with van der Waals surface area (Å²) < 4.78 is 13.4. The Bertz CT molecular complexity index is 578. The molecule has 1 fully saturated rings. The molecule has 1 aromatic rings. The molecule has 24 heavy (non-hydrogen) atoms. The molecule has 2 unspecified atom stereocenters. The third kappa shape index (κ3) is 6.95. The van der Waals surface area contributed by atoms with E-state index >= 15 is 0 Å². The molecule has 0 spiro atoms. The van der Waals surface area contributed by atoms with Crippen LogP contribution in [-0.2, 0) is 4.57 Å². The number of hydrogen-bond donors (Lipinski definition) is 2. The van der Waals surface area contributed by atoms with Crippen LogP contribution < -0.4 is 5.32 Å². The molecule has 1 saturated carbocycles. The highest BCUT2D eigenvalue weighted by Gasteiger charge is 2.25. The molecule has 0 bridgehead atoms. The Hall–Kier alpha value is 0.390. The molecule has 2 rings (SSSR count). The van der Waals surface area contributed by atoms with Gasteiger partial charge >= 0.3 is 0 Å². The molecule has 0 saturated heterocycles. The highest BCUT2D eigenvalue weighted by Crippen LogP contribution is 2.45. The molecular weight excluding hydrogens is 456 g/mol. The van der Waals surface area contributed by atoms with Crippen molar-refractivity contribution in [3.63, 3.8) is 0 Å². The quantitative estimate of drug-likeness (QED) is 0.278. The zero-order valence-corrected chi connectivity index (χ0v) is 18.1. The van der Waals surface area contributed by atoms with E-state index in [4.69, 9.17) is 11.6 Å². The van der Waals surface area contributed by atoms with Crippen molar-refractivity contribution in [2.45, 2.75) is 51.5 Å². The largest absolute Gasteiger partial charge is 0.344 e. The summed E-state index contributed by atoms with van der Waals surface area (Å²) in [4.78, 5) is 10.2. The summed E-state index contributed by atoms with van der Waals surface area (Å²) in [5.74, 6) is 0.468. The average molecular weight is 484 g/mol. The van der Waals surface area contributed by atoms with Gasteiger partial charge in [-0.15, -0.1) is 0 Å². The Morgan fingerprint density at radius 1 is 1.38 bits per heavy atom. The van der Waals surface area contributed by atoms with Crippen LogP contribution in [0.25, 0.3) is 0 Å². The van der Waals surface area contributed by atoms with Crippen LogP contribution >= 0.6 is 41.6 Å². The first-order valence-electron chi connectivity index (χ1n) is 8.86. The third-order valence-electron chi connectivity index (χ3n) is 4.85. The molecule has 2 atom stereocenters. The fourth-order valence-corrected chi connectivity index (χ4v) is 5.94. The summed E-state index contributed by atoms with van der Waals surface area (Å²) in [7, 11) is -2.97. The van der Waals surface area contributed by atoms with Crippen LogP contribution in [0.2, 0.25) is 5.02 Å². The highest BCUT2D eigenvalue weighted by atomic mass is 127. The van der Waals surface area contributed by atoms with Crippen molar-refractivity contribution in [1.82, 2.24) is 5.32 Å². The summed E-state index contributed by atoms with van der Waals surface area (Å²) >= 11 is 8.39. The Balaban J connectivity index is 1.71. The molecule has 0 heterocycles. The Kier molecular flexibility index (Phi) is 8.55. The van der Waals surface area contributed by atoms with E-state index < -0.39 is 7.37 Å². The van der Waals surface area contributed by atoms with E-state index in [0.29, 0.717) is 18.2 Å². The van der Waals surface area contributed by atoms with Crippen molar-refractivity contribution in [2.75, 3.05) is 18.9 Å². The van der Waals surface area contributed by atoms with E-state index in [9.17, 15) is 9.46 Å². The van der Waals surface area contributed by atoms with Gasteiger partial charge in [-0.3, -0.25) is 4.57 Å². The van der Waals surface area contributed by atoms with Crippen LogP contribution in [0.3, 0.4) is 0 Å². The van der Waals surface area contributed by atoms with Gasteiger partial charge in [-0.1, -0.05) is 36.9 Å². The fraction of sp³-hybridized carbons (Fsp3) is 0.667. The summed E-state index contributed by atoms with van der Waals surface area (Å²) in [6, 6.07) is 6.27. The van der Waals surface area contributed by atoms with Crippen molar-refractivity contribution in [2.24, 2.45) is 5.92 Å². The second-order valence-electron chi connectivity index (χ2n) is 6.96. The first kappa shape index (κ1) is 20.7. The molecular formula is C18H28ClINO2P. The van der Waals surface area contributed by atoms with Gasteiger partial charge in [0.1, 0.15) is 0 Å². The van der Waals surface area contributed by atoms with Gasteiger partial charge in [-0.2, -0.15) is 0 Å². The van der Waals surface area contributed by atoms with Gasteiger partial charge in [0.15, 0.2) is 0 Å². The maximum absolute atomic E-state index is 12.4. The Morgan fingerprint density at radius 2 is 2.08 bits per heavy atom. The second kappa shape index (κ2) is 9.91. The van der Waals surface area contributed by atoms with Crippen LogP contribution in [0.1, 0.15) is 57.1 Å². The minimum atomic E-state index is -2.97. The van der Waals surface area contributed by atoms with E-state index in [0.717, 1.165) is 40.0 Å². The van der Waals surface area contributed by atoms with Crippen LogP contribution in [0.4, 0.5) is 0 Å². The molecule has 1 aliphatic carbocycles. The smallest absolute Gasteiger partial charge is 0.200 e. The first-order valence-corrected chi connectivity index (χ1v) is 12.4. The Morgan fingerprint density at radius 3 is 2.75 bits per heavy atom. The lowest BCUT2D eigenvalue weighted by Gasteiger charge is -2.24. The van der Waals surface area contributed by atoms with Gasteiger partial charge < -0.3 is 10.2 Å².